The van der Waals surface area contributed by atoms with Crippen LogP contribution in [0.5, 0.6) is 0 Å². The summed E-state index contributed by atoms with van der Waals surface area (Å²) in [5.41, 5.74) is 6.07. The van der Waals surface area contributed by atoms with Gasteiger partial charge in [0.25, 0.3) is 0 Å². The summed E-state index contributed by atoms with van der Waals surface area (Å²) in [6.07, 6.45) is 7.86. The fourth-order valence-corrected chi connectivity index (χ4v) is 4.24. The highest BCUT2D eigenvalue weighted by Crippen LogP contribution is 2.28. The van der Waals surface area contributed by atoms with E-state index in [4.69, 9.17) is 5.73 Å². The van der Waals surface area contributed by atoms with E-state index in [1.165, 1.54) is 0 Å². The first-order valence-electron chi connectivity index (χ1n) is 8.97. The van der Waals surface area contributed by atoms with Crippen LogP contribution < -0.4 is 5.73 Å². The predicted octanol–water partition coefficient (Wildman–Crippen LogP) is 1.36. The van der Waals surface area contributed by atoms with E-state index in [1.54, 1.807) is 0 Å². The summed E-state index contributed by atoms with van der Waals surface area (Å²) in [4.78, 5) is 28.8. The summed E-state index contributed by atoms with van der Waals surface area (Å²) in [6, 6.07) is 0.207. The maximum Gasteiger partial charge on any atom is 0.225 e. The Hall–Kier alpha value is -1.10. The summed E-state index contributed by atoms with van der Waals surface area (Å²) < 4.78 is 0. The molecular weight excluding hydrogens is 278 g/mol. The summed E-state index contributed by atoms with van der Waals surface area (Å²) in [5, 5.41) is 0. The van der Waals surface area contributed by atoms with Gasteiger partial charge < -0.3 is 15.5 Å². The molecule has 5 nitrogen and oxygen atoms in total. The van der Waals surface area contributed by atoms with Crippen molar-refractivity contribution >= 4 is 11.8 Å². The molecule has 3 fully saturated rings. The summed E-state index contributed by atoms with van der Waals surface area (Å²) in [7, 11) is 0. The van der Waals surface area contributed by atoms with Gasteiger partial charge in [-0.1, -0.05) is 6.42 Å². The molecule has 0 aromatic rings. The normalized spacial score (nSPS) is 30.0. The quantitative estimate of drug-likeness (QED) is 0.856. The highest BCUT2D eigenvalue weighted by Gasteiger charge is 2.33. The third-order valence-corrected chi connectivity index (χ3v) is 5.77. The molecule has 2 heterocycles. The highest BCUT2D eigenvalue weighted by molar-refractivity contribution is 5.80. The van der Waals surface area contributed by atoms with E-state index in [0.717, 1.165) is 71.1 Å². The summed E-state index contributed by atoms with van der Waals surface area (Å²) >= 11 is 0. The SMILES string of the molecule is N[C@@H]1CCC[C@H]1CC(=O)N1CCC(C(=O)N2CCCC2)CC1. The predicted molar refractivity (Wildman–Crippen MR) is 85.1 cm³/mol. The van der Waals surface area contributed by atoms with Crippen molar-refractivity contribution in [1.29, 1.82) is 0 Å². The van der Waals surface area contributed by atoms with Crippen LogP contribution in [0.4, 0.5) is 0 Å². The first-order chi connectivity index (χ1) is 10.6. The van der Waals surface area contributed by atoms with E-state index in [0.29, 0.717) is 18.2 Å². The van der Waals surface area contributed by atoms with Crippen LogP contribution in [0.3, 0.4) is 0 Å². The Morgan fingerprint density at radius 2 is 1.55 bits per heavy atom. The number of nitrogens with zero attached hydrogens (tertiary/aromatic N) is 2. The van der Waals surface area contributed by atoms with E-state index in [2.05, 4.69) is 0 Å². The van der Waals surface area contributed by atoms with Crippen LogP contribution in [0.25, 0.3) is 0 Å². The highest BCUT2D eigenvalue weighted by atomic mass is 16.2. The molecule has 0 aromatic carbocycles. The van der Waals surface area contributed by atoms with Crippen molar-refractivity contribution in [2.24, 2.45) is 17.6 Å². The topological polar surface area (TPSA) is 66.6 Å². The molecule has 0 radical (unpaired) electrons. The van der Waals surface area contributed by atoms with Gasteiger partial charge in [0.15, 0.2) is 0 Å². The van der Waals surface area contributed by atoms with E-state index in [-0.39, 0.29) is 17.9 Å². The third-order valence-electron chi connectivity index (χ3n) is 5.77. The fraction of sp³-hybridized carbons (Fsp3) is 0.882. The Bertz CT molecular complexity index is 412. The molecule has 2 N–H and O–H groups in total. The lowest BCUT2D eigenvalue weighted by Gasteiger charge is -2.34. The molecule has 124 valence electrons. The standard InChI is InChI=1S/C17H29N3O2/c18-15-5-3-4-14(15)12-16(21)19-10-6-13(7-11-19)17(22)20-8-1-2-9-20/h13-15H,1-12,18H2/t14-,15+/m0/s1. The zero-order valence-corrected chi connectivity index (χ0v) is 13.5. The lowest BCUT2D eigenvalue weighted by Crippen LogP contribution is -2.44. The lowest BCUT2D eigenvalue weighted by atomic mass is 9.94. The molecule has 2 saturated heterocycles. The second kappa shape index (κ2) is 6.99. The van der Waals surface area contributed by atoms with Crippen LogP contribution in [-0.4, -0.2) is 53.8 Å². The maximum absolute atomic E-state index is 12.4. The smallest absolute Gasteiger partial charge is 0.225 e. The van der Waals surface area contributed by atoms with Gasteiger partial charge in [0.1, 0.15) is 0 Å². The molecule has 1 saturated carbocycles. The van der Waals surface area contributed by atoms with Gasteiger partial charge in [-0.15, -0.1) is 0 Å². The van der Waals surface area contributed by atoms with Gasteiger partial charge >= 0.3 is 0 Å². The number of carbonyl (C=O) groups excluding carboxylic acids is 2. The van der Waals surface area contributed by atoms with Crippen molar-refractivity contribution in [1.82, 2.24) is 9.80 Å². The number of carbonyl (C=O) groups is 2. The molecule has 0 aromatic heterocycles. The van der Waals surface area contributed by atoms with E-state index < -0.39 is 0 Å². The Labute approximate surface area is 133 Å². The fourth-order valence-electron chi connectivity index (χ4n) is 4.24. The maximum atomic E-state index is 12.4. The molecule has 2 aliphatic heterocycles. The van der Waals surface area contributed by atoms with Gasteiger partial charge in [-0.05, 0) is 44.4 Å². The van der Waals surface area contributed by atoms with Crippen molar-refractivity contribution in [2.75, 3.05) is 26.2 Å². The molecule has 0 spiro atoms. The van der Waals surface area contributed by atoms with E-state index in [1.807, 2.05) is 9.80 Å². The number of hydrogen-bond donors (Lipinski definition) is 1. The van der Waals surface area contributed by atoms with Gasteiger partial charge in [-0.3, -0.25) is 9.59 Å². The molecule has 5 heteroatoms. The van der Waals surface area contributed by atoms with Crippen molar-refractivity contribution in [2.45, 2.75) is 57.4 Å². The monoisotopic (exact) mass is 307 g/mol. The van der Waals surface area contributed by atoms with Gasteiger partial charge in [0, 0.05) is 44.6 Å². The molecule has 2 amide bonds. The first-order valence-corrected chi connectivity index (χ1v) is 8.97. The van der Waals surface area contributed by atoms with Gasteiger partial charge in [-0.2, -0.15) is 0 Å². The minimum atomic E-state index is 0.135. The van der Waals surface area contributed by atoms with Gasteiger partial charge in [0.2, 0.25) is 11.8 Å². The molecule has 2 atom stereocenters. The van der Waals surface area contributed by atoms with Crippen molar-refractivity contribution in [3.63, 3.8) is 0 Å². The van der Waals surface area contributed by atoms with Crippen LogP contribution in [0, 0.1) is 11.8 Å². The molecule has 1 aliphatic carbocycles. The Kier molecular flexibility index (Phi) is 5.01. The van der Waals surface area contributed by atoms with E-state index >= 15 is 0 Å². The van der Waals surface area contributed by atoms with Crippen LogP contribution in [0.1, 0.15) is 51.4 Å². The minimum Gasteiger partial charge on any atom is -0.343 e. The average Bonchev–Trinajstić information content (AvgIpc) is 3.19. The second-order valence-corrected chi connectivity index (χ2v) is 7.25. The van der Waals surface area contributed by atoms with Crippen molar-refractivity contribution in [3.8, 4) is 0 Å². The molecule has 3 aliphatic rings. The lowest BCUT2D eigenvalue weighted by molar-refractivity contribution is -0.140. The van der Waals surface area contributed by atoms with Crippen LogP contribution >= 0.6 is 0 Å². The molecule has 3 rings (SSSR count). The van der Waals surface area contributed by atoms with Crippen molar-refractivity contribution < 1.29 is 9.59 Å². The van der Waals surface area contributed by atoms with E-state index in [9.17, 15) is 9.59 Å². The first kappa shape index (κ1) is 15.8. The Balaban J connectivity index is 1.44. The zero-order chi connectivity index (χ0) is 15.5. The second-order valence-electron chi connectivity index (χ2n) is 7.25. The molecule has 0 bridgehead atoms. The van der Waals surface area contributed by atoms with Crippen LogP contribution in [0.15, 0.2) is 0 Å². The number of nitrogens with two attached hydrogens (primary N) is 1. The summed E-state index contributed by atoms with van der Waals surface area (Å²) in [6.45, 7) is 3.34. The Morgan fingerprint density at radius 1 is 0.864 bits per heavy atom. The van der Waals surface area contributed by atoms with Gasteiger partial charge in [0.05, 0.1) is 0 Å². The largest absolute Gasteiger partial charge is 0.343 e. The third kappa shape index (κ3) is 3.45. The Morgan fingerprint density at radius 3 is 2.14 bits per heavy atom. The van der Waals surface area contributed by atoms with Gasteiger partial charge in [-0.25, -0.2) is 0 Å². The molecule has 22 heavy (non-hydrogen) atoms. The summed E-state index contributed by atoms with van der Waals surface area (Å²) in [5.74, 6) is 1.07. The number of piperidine rings is 1. The average molecular weight is 307 g/mol. The number of hydrogen-bond acceptors (Lipinski definition) is 3. The zero-order valence-electron chi connectivity index (χ0n) is 13.5. The molecule has 0 unspecified atom stereocenters. The number of likely N-dealkylation sites (tertiary alicyclic amines) is 2. The number of amides is 2. The van der Waals surface area contributed by atoms with Crippen LogP contribution in [-0.2, 0) is 9.59 Å². The van der Waals surface area contributed by atoms with Crippen molar-refractivity contribution in [3.05, 3.63) is 0 Å². The van der Waals surface area contributed by atoms with Crippen LogP contribution in [0.2, 0.25) is 0 Å². The minimum absolute atomic E-state index is 0.135. The molecular formula is C17H29N3O2. The number of rotatable bonds is 3.